The normalized spacial score (nSPS) is 27.4. The van der Waals surface area contributed by atoms with Gasteiger partial charge in [-0.1, -0.05) is 36.2 Å². The first-order valence-electron chi connectivity index (χ1n) is 5.93. The first-order chi connectivity index (χ1) is 7.99. The van der Waals surface area contributed by atoms with E-state index in [9.17, 15) is 0 Å². The molecule has 0 amide bonds. The molecule has 2 rings (SSSR count). The molecule has 1 fully saturated rings. The number of nitrogens with two attached hydrogens (primary N) is 1. The topological polar surface area (TPSA) is 29.3 Å². The van der Waals surface area contributed by atoms with E-state index in [1.165, 1.54) is 5.56 Å². The van der Waals surface area contributed by atoms with E-state index >= 15 is 0 Å². The highest BCUT2D eigenvalue weighted by molar-refractivity contribution is 6.42. The van der Waals surface area contributed by atoms with Crippen LogP contribution in [0.4, 0.5) is 0 Å². The lowest BCUT2D eigenvalue weighted by Gasteiger charge is -2.24. The van der Waals surface area contributed by atoms with Crippen LogP contribution in [0.5, 0.6) is 0 Å². The van der Waals surface area contributed by atoms with Crippen LogP contribution < -0.4 is 5.73 Å². The van der Waals surface area contributed by atoms with E-state index in [1.54, 1.807) is 0 Å². The van der Waals surface area contributed by atoms with Gasteiger partial charge < -0.3 is 5.73 Å². The van der Waals surface area contributed by atoms with Crippen molar-refractivity contribution in [3.63, 3.8) is 0 Å². The molecule has 0 saturated carbocycles. The molecule has 3 atom stereocenters. The Morgan fingerprint density at radius 3 is 2.53 bits per heavy atom. The molecule has 0 bridgehead atoms. The van der Waals surface area contributed by atoms with Crippen LogP contribution in [0.1, 0.15) is 25.5 Å². The van der Waals surface area contributed by atoms with Gasteiger partial charge in [0.05, 0.1) is 10.0 Å². The molecule has 94 valence electrons. The second-order valence-electron chi connectivity index (χ2n) is 4.94. The highest BCUT2D eigenvalue weighted by Gasteiger charge is 2.30. The first-order valence-corrected chi connectivity index (χ1v) is 6.69. The fourth-order valence-electron chi connectivity index (χ4n) is 2.33. The number of hydrogen-bond donors (Lipinski definition) is 1. The molecule has 3 unspecified atom stereocenters. The number of likely N-dealkylation sites (tertiary alicyclic amines) is 1. The predicted molar refractivity (Wildman–Crippen MR) is 73.6 cm³/mol. The zero-order valence-electron chi connectivity index (χ0n) is 10.2. The monoisotopic (exact) mass is 272 g/mol. The second kappa shape index (κ2) is 5.15. The molecule has 1 aromatic rings. The van der Waals surface area contributed by atoms with Gasteiger partial charge in [-0.15, -0.1) is 0 Å². The SMILES string of the molecule is CC1CN(C(C)c2ccc(Cl)c(Cl)c2)CC1N. The molecular weight excluding hydrogens is 255 g/mol. The molecule has 1 aliphatic heterocycles. The summed E-state index contributed by atoms with van der Waals surface area (Å²) in [5.74, 6) is 0.556. The minimum Gasteiger partial charge on any atom is -0.326 e. The average Bonchev–Trinajstić information content (AvgIpc) is 2.62. The Labute approximate surface area is 113 Å². The summed E-state index contributed by atoms with van der Waals surface area (Å²) in [6.07, 6.45) is 0. The molecule has 0 aliphatic carbocycles. The van der Waals surface area contributed by atoms with Gasteiger partial charge in [-0.05, 0) is 30.5 Å². The lowest BCUT2D eigenvalue weighted by atomic mass is 10.1. The zero-order chi connectivity index (χ0) is 12.6. The van der Waals surface area contributed by atoms with Gasteiger partial charge >= 0.3 is 0 Å². The van der Waals surface area contributed by atoms with E-state index in [1.807, 2.05) is 18.2 Å². The van der Waals surface area contributed by atoms with Gasteiger partial charge in [0, 0.05) is 25.2 Å². The Morgan fingerprint density at radius 1 is 1.29 bits per heavy atom. The molecule has 17 heavy (non-hydrogen) atoms. The largest absolute Gasteiger partial charge is 0.326 e. The molecule has 4 heteroatoms. The fraction of sp³-hybridized carbons (Fsp3) is 0.538. The summed E-state index contributed by atoms with van der Waals surface area (Å²) < 4.78 is 0. The van der Waals surface area contributed by atoms with Gasteiger partial charge in [-0.2, -0.15) is 0 Å². The van der Waals surface area contributed by atoms with Crippen molar-refractivity contribution in [2.45, 2.75) is 25.9 Å². The third-order valence-corrected chi connectivity index (χ3v) is 4.41. The van der Waals surface area contributed by atoms with Crippen molar-refractivity contribution in [3.05, 3.63) is 33.8 Å². The summed E-state index contributed by atoms with van der Waals surface area (Å²) in [4.78, 5) is 2.40. The predicted octanol–water partition coefficient (Wildman–Crippen LogP) is 3.33. The molecule has 1 heterocycles. The average molecular weight is 273 g/mol. The molecular formula is C13H18Cl2N2. The van der Waals surface area contributed by atoms with Crippen molar-refractivity contribution < 1.29 is 0 Å². The van der Waals surface area contributed by atoms with E-state index in [0.717, 1.165) is 13.1 Å². The minimum atomic E-state index is 0.278. The van der Waals surface area contributed by atoms with E-state index in [4.69, 9.17) is 28.9 Å². The number of hydrogen-bond acceptors (Lipinski definition) is 2. The minimum absolute atomic E-state index is 0.278. The Kier molecular flexibility index (Phi) is 3.99. The molecule has 0 spiro atoms. The summed E-state index contributed by atoms with van der Waals surface area (Å²) in [6.45, 7) is 6.38. The summed E-state index contributed by atoms with van der Waals surface area (Å²) >= 11 is 12.0. The Hall–Kier alpha value is -0.280. The third kappa shape index (κ3) is 2.76. The molecule has 0 aromatic heterocycles. The number of benzene rings is 1. The van der Waals surface area contributed by atoms with E-state index in [2.05, 4.69) is 18.7 Å². The van der Waals surface area contributed by atoms with Crippen molar-refractivity contribution in [2.24, 2.45) is 11.7 Å². The maximum absolute atomic E-state index is 6.05. The van der Waals surface area contributed by atoms with E-state index < -0.39 is 0 Å². The van der Waals surface area contributed by atoms with Crippen LogP contribution >= 0.6 is 23.2 Å². The van der Waals surface area contributed by atoms with Crippen LogP contribution in [0, 0.1) is 5.92 Å². The molecule has 2 N–H and O–H groups in total. The molecule has 1 saturated heterocycles. The van der Waals surface area contributed by atoms with Gasteiger partial charge in [0.25, 0.3) is 0 Å². The van der Waals surface area contributed by atoms with Gasteiger partial charge in [0.2, 0.25) is 0 Å². The van der Waals surface area contributed by atoms with Gasteiger partial charge in [0.15, 0.2) is 0 Å². The lowest BCUT2D eigenvalue weighted by Crippen LogP contribution is -2.29. The molecule has 1 aromatic carbocycles. The van der Waals surface area contributed by atoms with Crippen LogP contribution in [0.2, 0.25) is 10.0 Å². The van der Waals surface area contributed by atoms with Crippen molar-refractivity contribution in [3.8, 4) is 0 Å². The highest BCUT2D eigenvalue weighted by atomic mass is 35.5. The zero-order valence-corrected chi connectivity index (χ0v) is 11.7. The number of halogens is 2. The lowest BCUT2D eigenvalue weighted by molar-refractivity contribution is 0.253. The Balaban J connectivity index is 2.14. The van der Waals surface area contributed by atoms with Gasteiger partial charge in [0.1, 0.15) is 0 Å². The van der Waals surface area contributed by atoms with Crippen LogP contribution in [-0.4, -0.2) is 24.0 Å². The Bertz CT molecular complexity index is 398. The summed E-state index contributed by atoms with van der Waals surface area (Å²) in [5, 5.41) is 1.22. The van der Waals surface area contributed by atoms with E-state index in [0.29, 0.717) is 22.0 Å². The van der Waals surface area contributed by atoms with Gasteiger partial charge in [-0.25, -0.2) is 0 Å². The smallest absolute Gasteiger partial charge is 0.0595 e. The second-order valence-corrected chi connectivity index (χ2v) is 5.76. The summed E-state index contributed by atoms with van der Waals surface area (Å²) in [6, 6.07) is 6.45. The number of nitrogens with zero attached hydrogens (tertiary/aromatic N) is 1. The number of rotatable bonds is 2. The maximum atomic E-state index is 6.05. The van der Waals surface area contributed by atoms with Gasteiger partial charge in [-0.3, -0.25) is 4.90 Å². The molecule has 0 radical (unpaired) electrons. The molecule has 1 aliphatic rings. The van der Waals surface area contributed by atoms with Crippen molar-refractivity contribution in [1.82, 2.24) is 4.90 Å². The first kappa shape index (κ1) is 13.2. The standard InChI is InChI=1S/C13H18Cl2N2/c1-8-6-17(7-13(8)16)9(2)10-3-4-11(14)12(15)5-10/h3-5,8-9,13H,6-7,16H2,1-2H3. The fourth-order valence-corrected chi connectivity index (χ4v) is 2.64. The summed E-state index contributed by atoms with van der Waals surface area (Å²) in [7, 11) is 0. The van der Waals surface area contributed by atoms with Crippen LogP contribution in [0.15, 0.2) is 18.2 Å². The molecule has 2 nitrogen and oxygen atoms in total. The third-order valence-electron chi connectivity index (χ3n) is 3.67. The van der Waals surface area contributed by atoms with Crippen LogP contribution in [0.25, 0.3) is 0 Å². The van der Waals surface area contributed by atoms with Crippen molar-refractivity contribution >= 4 is 23.2 Å². The van der Waals surface area contributed by atoms with Crippen LogP contribution in [0.3, 0.4) is 0 Å². The van der Waals surface area contributed by atoms with E-state index in [-0.39, 0.29) is 6.04 Å². The maximum Gasteiger partial charge on any atom is 0.0595 e. The quantitative estimate of drug-likeness (QED) is 0.895. The van der Waals surface area contributed by atoms with Crippen LogP contribution in [-0.2, 0) is 0 Å². The summed E-state index contributed by atoms with van der Waals surface area (Å²) in [5.41, 5.74) is 7.24. The van der Waals surface area contributed by atoms with Crippen molar-refractivity contribution in [1.29, 1.82) is 0 Å². The van der Waals surface area contributed by atoms with Crippen molar-refractivity contribution in [2.75, 3.05) is 13.1 Å². The highest BCUT2D eigenvalue weighted by Crippen LogP contribution is 2.30. The Morgan fingerprint density at radius 2 is 2.00 bits per heavy atom.